The average molecular weight is 609 g/mol. The molecule has 6 fully saturated rings. The number of sulfonamides is 1. The van der Waals surface area contributed by atoms with Crippen molar-refractivity contribution in [2.24, 2.45) is 17.8 Å². The summed E-state index contributed by atoms with van der Waals surface area (Å²) in [7, 11) is -3.78. The van der Waals surface area contributed by atoms with Crippen LogP contribution in [0.1, 0.15) is 59.3 Å². The van der Waals surface area contributed by atoms with Gasteiger partial charge >= 0.3 is 5.97 Å². The number of nitrogens with one attached hydrogen (secondary N) is 1. The van der Waals surface area contributed by atoms with E-state index in [1.165, 1.54) is 55.3 Å². The molecule has 9 nitrogen and oxygen atoms in total. The lowest BCUT2D eigenvalue weighted by molar-refractivity contribution is -0.159. The van der Waals surface area contributed by atoms with Gasteiger partial charge in [-0.05, 0) is 101 Å². The molecule has 2 aliphatic heterocycles. The predicted octanol–water partition coefficient (Wildman–Crippen LogP) is 3.38. The van der Waals surface area contributed by atoms with Crippen molar-refractivity contribution >= 4 is 33.5 Å². The van der Waals surface area contributed by atoms with Gasteiger partial charge < -0.3 is 15.0 Å². The molecule has 0 radical (unpaired) electrons. The Morgan fingerprint density at radius 3 is 2.05 bits per heavy atom. The van der Waals surface area contributed by atoms with Gasteiger partial charge in [0.15, 0.2) is 0 Å². The van der Waals surface area contributed by atoms with E-state index in [0.717, 1.165) is 22.1 Å². The molecule has 11 heteroatoms. The molecular weight excluding hydrogens is 564 g/mol. The molecule has 41 heavy (non-hydrogen) atoms. The number of rotatable bonds is 5. The van der Waals surface area contributed by atoms with Gasteiger partial charge in [0.05, 0.1) is 11.4 Å². The molecule has 4 aliphatic carbocycles. The van der Waals surface area contributed by atoms with E-state index in [2.05, 4.69) is 10.2 Å². The number of halogens is 1. The van der Waals surface area contributed by atoms with E-state index in [4.69, 9.17) is 16.3 Å². The van der Waals surface area contributed by atoms with Crippen LogP contribution in [0.2, 0.25) is 5.02 Å². The van der Waals surface area contributed by atoms with E-state index in [9.17, 15) is 18.0 Å². The first-order valence-electron chi connectivity index (χ1n) is 15.0. The molecule has 0 aromatic heterocycles. The number of esters is 1. The van der Waals surface area contributed by atoms with Gasteiger partial charge in [-0.15, -0.1) is 0 Å². The summed E-state index contributed by atoms with van der Waals surface area (Å²) in [5.74, 6) is 2.34. The molecule has 0 atom stereocenters. The molecule has 0 spiro atoms. The van der Waals surface area contributed by atoms with E-state index in [0.29, 0.717) is 10.6 Å². The largest absolute Gasteiger partial charge is 0.459 e. The lowest BCUT2D eigenvalue weighted by atomic mass is 9.52. The third kappa shape index (κ3) is 7.26. The average Bonchev–Trinajstić information content (AvgIpc) is 2.89. The van der Waals surface area contributed by atoms with Gasteiger partial charge in [0, 0.05) is 49.8 Å². The van der Waals surface area contributed by atoms with E-state index >= 15 is 0 Å². The molecule has 7 rings (SSSR count). The summed E-state index contributed by atoms with van der Waals surface area (Å²) in [5, 5.41) is 3.93. The standard InChI is InChI=1S/C16H21ClN2O5S.C14H24N2/c1-16(2,3)24-15(21)11-18-8-9-19(10-14(18)20)25(22,23)13-6-4-12(17)5-7-13;1-3-16(4-2-15-1)14-8-11-5-12(9-14)7-13(6-11)10-14/h4-7H,8-11H2,1-3H3;11-13,15H,1-10H2. The van der Waals surface area contributed by atoms with Crippen molar-refractivity contribution in [3.8, 4) is 0 Å². The van der Waals surface area contributed by atoms with Gasteiger partial charge in [0.25, 0.3) is 0 Å². The smallest absolute Gasteiger partial charge is 0.326 e. The van der Waals surface area contributed by atoms with Crippen LogP contribution in [0.4, 0.5) is 0 Å². The molecule has 228 valence electrons. The maximum atomic E-state index is 12.6. The topological polar surface area (TPSA) is 99.3 Å². The van der Waals surface area contributed by atoms with Crippen LogP contribution in [-0.4, -0.2) is 97.9 Å². The van der Waals surface area contributed by atoms with Crippen molar-refractivity contribution in [3.63, 3.8) is 0 Å². The van der Waals surface area contributed by atoms with Crippen molar-refractivity contribution in [2.45, 2.75) is 75.3 Å². The van der Waals surface area contributed by atoms with E-state index in [1.807, 2.05) is 0 Å². The summed E-state index contributed by atoms with van der Waals surface area (Å²) >= 11 is 5.77. The minimum Gasteiger partial charge on any atom is -0.459 e. The quantitative estimate of drug-likeness (QED) is 0.512. The van der Waals surface area contributed by atoms with Gasteiger partial charge in [-0.3, -0.25) is 14.5 Å². The molecule has 4 saturated carbocycles. The summed E-state index contributed by atoms with van der Waals surface area (Å²) in [4.78, 5) is 28.3. The number of carbonyl (C=O) groups excluding carboxylic acids is 2. The summed E-state index contributed by atoms with van der Waals surface area (Å²) in [6.07, 6.45) is 9.35. The third-order valence-electron chi connectivity index (χ3n) is 9.27. The molecule has 2 heterocycles. The second kappa shape index (κ2) is 12.1. The predicted molar refractivity (Wildman–Crippen MR) is 158 cm³/mol. The molecule has 1 aromatic rings. The van der Waals surface area contributed by atoms with Crippen LogP contribution in [0, 0.1) is 17.8 Å². The maximum Gasteiger partial charge on any atom is 0.326 e. The first-order valence-corrected chi connectivity index (χ1v) is 16.9. The van der Waals surface area contributed by atoms with Crippen LogP contribution < -0.4 is 5.32 Å². The number of piperazine rings is 2. The van der Waals surface area contributed by atoms with Gasteiger partial charge in [-0.25, -0.2) is 8.42 Å². The lowest BCUT2D eigenvalue weighted by Gasteiger charge is -2.61. The zero-order valence-electron chi connectivity index (χ0n) is 24.6. The monoisotopic (exact) mass is 608 g/mol. The Morgan fingerprint density at radius 1 is 0.976 bits per heavy atom. The van der Waals surface area contributed by atoms with E-state index in [-0.39, 0.29) is 31.1 Å². The zero-order valence-corrected chi connectivity index (χ0v) is 26.2. The zero-order chi connectivity index (χ0) is 29.4. The summed E-state index contributed by atoms with van der Waals surface area (Å²) in [6.45, 7) is 10.0. The molecule has 0 unspecified atom stereocenters. The second-order valence-corrected chi connectivity index (χ2v) is 15.9. The highest BCUT2D eigenvalue weighted by atomic mass is 35.5. The van der Waals surface area contributed by atoms with Crippen molar-refractivity contribution in [1.29, 1.82) is 0 Å². The van der Waals surface area contributed by atoms with Crippen LogP contribution in [0.5, 0.6) is 0 Å². The Kier molecular flexibility index (Phi) is 9.08. The number of ether oxygens (including phenoxy) is 1. The summed E-state index contributed by atoms with van der Waals surface area (Å²) < 4.78 is 31.4. The van der Waals surface area contributed by atoms with Crippen molar-refractivity contribution in [3.05, 3.63) is 29.3 Å². The number of hydrogen-bond acceptors (Lipinski definition) is 7. The van der Waals surface area contributed by atoms with Crippen LogP contribution >= 0.6 is 11.6 Å². The fourth-order valence-electron chi connectivity index (χ4n) is 7.94. The van der Waals surface area contributed by atoms with Crippen molar-refractivity contribution in [2.75, 3.05) is 52.4 Å². The van der Waals surface area contributed by atoms with E-state index < -0.39 is 27.5 Å². The SMILES string of the molecule is C1CN(C23CC4CC(CC(C4)C2)C3)CCN1.CC(C)(C)OC(=O)CN1CCN(S(=O)(=O)c2ccc(Cl)cc2)CC1=O. The summed E-state index contributed by atoms with van der Waals surface area (Å²) in [6, 6.07) is 5.76. The number of amides is 1. The molecule has 4 bridgehead atoms. The van der Waals surface area contributed by atoms with Gasteiger partial charge in [0.2, 0.25) is 15.9 Å². The van der Waals surface area contributed by atoms with Gasteiger partial charge in [-0.2, -0.15) is 4.31 Å². The Morgan fingerprint density at radius 2 is 1.54 bits per heavy atom. The van der Waals surface area contributed by atoms with Crippen LogP contribution in [-0.2, 0) is 24.3 Å². The lowest BCUT2D eigenvalue weighted by Crippen LogP contribution is -2.63. The first kappa shape index (κ1) is 30.7. The first-order chi connectivity index (χ1) is 19.3. The highest BCUT2D eigenvalue weighted by Crippen LogP contribution is 2.57. The van der Waals surface area contributed by atoms with Gasteiger partial charge in [0.1, 0.15) is 12.1 Å². The molecular formula is C30H45ClN4O5S. The number of hydrogen-bond donors (Lipinski definition) is 1. The Hall–Kier alpha value is -1.72. The molecule has 1 aromatic carbocycles. The normalized spacial score (nSPS) is 30.6. The Labute approximate surface area is 249 Å². The van der Waals surface area contributed by atoms with Crippen LogP contribution in [0.15, 0.2) is 29.2 Å². The molecule has 1 amide bonds. The fraction of sp³-hybridized carbons (Fsp3) is 0.733. The van der Waals surface area contributed by atoms with Crippen molar-refractivity contribution in [1.82, 2.24) is 19.4 Å². The Balaban J connectivity index is 0.000000179. The third-order valence-corrected chi connectivity index (χ3v) is 11.4. The number of nitrogens with zero attached hydrogens (tertiary/aromatic N) is 3. The molecule has 2 saturated heterocycles. The number of carbonyl (C=O) groups is 2. The minimum absolute atomic E-state index is 0.0743. The molecule has 6 aliphatic rings. The Bertz CT molecular complexity index is 1170. The van der Waals surface area contributed by atoms with Crippen LogP contribution in [0.3, 0.4) is 0 Å². The maximum absolute atomic E-state index is 12.6. The minimum atomic E-state index is -3.78. The second-order valence-electron chi connectivity index (χ2n) is 13.6. The highest BCUT2D eigenvalue weighted by Gasteiger charge is 2.53. The number of benzene rings is 1. The van der Waals surface area contributed by atoms with Crippen molar-refractivity contribution < 1.29 is 22.7 Å². The highest BCUT2D eigenvalue weighted by molar-refractivity contribution is 7.89. The molecule has 1 N–H and O–H groups in total. The van der Waals surface area contributed by atoms with Gasteiger partial charge in [-0.1, -0.05) is 11.6 Å². The van der Waals surface area contributed by atoms with E-state index in [1.54, 1.807) is 59.3 Å². The summed E-state index contributed by atoms with van der Waals surface area (Å²) in [5.41, 5.74) is 0.0245. The fourth-order valence-corrected chi connectivity index (χ4v) is 9.44. The van der Waals surface area contributed by atoms with Crippen LogP contribution in [0.25, 0.3) is 0 Å².